The van der Waals surface area contributed by atoms with E-state index in [1.165, 1.54) is 0 Å². The molecule has 0 N–H and O–H groups in total. The highest BCUT2D eigenvalue weighted by Crippen LogP contribution is 2.30. The predicted molar refractivity (Wildman–Crippen MR) is 105 cm³/mol. The third-order valence-electron chi connectivity index (χ3n) is 3.93. The lowest BCUT2D eigenvalue weighted by Crippen LogP contribution is -2.10. The lowest BCUT2D eigenvalue weighted by atomic mass is 10.0. The molecule has 9 nitrogen and oxygen atoms in total. The van der Waals surface area contributed by atoms with Gasteiger partial charge in [0.1, 0.15) is 0 Å². The van der Waals surface area contributed by atoms with E-state index >= 15 is 0 Å². The standard InChI is InChI=1S/C19H13N3O6S/c23-21(24)16-11-12-18(17(13-16)22(25)26)29(27,28)20-19(14-7-3-1-4-8-14)15-9-5-2-6-10-15/h1-13H. The van der Waals surface area contributed by atoms with E-state index in [0.717, 1.165) is 12.1 Å². The second-order valence-electron chi connectivity index (χ2n) is 5.81. The monoisotopic (exact) mass is 411 g/mol. The minimum Gasteiger partial charge on any atom is -0.258 e. The molecule has 0 amide bonds. The largest absolute Gasteiger partial charge is 0.296 e. The fourth-order valence-electron chi connectivity index (χ4n) is 2.61. The summed E-state index contributed by atoms with van der Waals surface area (Å²) in [6, 6.07) is 19.3. The molecule has 29 heavy (non-hydrogen) atoms. The maximum atomic E-state index is 12.9. The maximum Gasteiger partial charge on any atom is 0.296 e. The van der Waals surface area contributed by atoms with Crippen LogP contribution < -0.4 is 0 Å². The Morgan fingerprint density at radius 1 is 0.759 bits per heavy atom. The number of non-ortho nitro benzene ring substituents is 1. The summed E-state index contributed by atoms with van der Waals surface area (Å²) >= 11 is 0. The molecule has 0 saturated heterocycles. The molecule has 10 heteroatoms. The van der Waals surface area contributed by atoms with Crippen molar-refractivity contribution in [3.05, 3.63) is 110 Å². The Hall–Kier alpha value is -3.92. The molecule has 0 atom stereocenters. The highest BCUT2D eigenvalue weighted by Gasteiger charge is 2.29. The molecule has 0 aliphatic rings. The summed E-state index contributed by atoms with van der Waals surface area (Å²) in [5.74, 6) is 0. The Morgan fingerprint density at radius 3 is 1.72 bits per heavy atom. The molecule has 0 aliphatic carbocycles. The molecule has 0 fully saturated rings. The van der Waals surface area contributed by atoms with Gasteiger partial charge in [-0.25, -0.2) is 0 Å². The van der Waals surface area contributed by atoms with Crippen molar-refractivity contribution in [3.8, 4) is 0 Å². The fourth-order valence-corrected chi connectivity index (χ4v) is 3.80. The van der Waals surface area contributed by atoms with Gasteiger partial charge in [0.15, 0.2) is 4.90 Å². The van der Waals surface area contributed by atoms with Gasteiger partial charge in [-0.15, -0.1) is 0 Å². The summed E-state index contributed by atoms with van der Waals surface area (Å²) in [5, 5.41) is 22.2. The van der Waals surface area contributed by atoms with Crippen molar-refractivity contribution >= 4 is 27.1 Å². The van der Waals surface area contributed by atoms with E-state index in [-0.39, 0.29) is 5.71 Å². The number of hydrogen-bond donors (Lipinski definition) is 0. The van der Waals surface area contributed by atoms with Crippen molar-refractivity contribution < 1.29 is 18.3 Å². The number of nitro groups is 2. The number of rotatable bonds is 6. The van der Waals surface area contributed by atoms with Crippen molar-refractivity contribution in [2.45, 2.75) is 4.90 Å². The SMILES string of the molecule is O=[N+]([O-])c1ccc(S(=O)(=O)N=C(c2ccccc2)c2ccccc2)c([N+](=O)[O-])c1. The summed E-state index contributed by atoms with van der Waals surface area (Å²) in [6.07, 6.45) is 0. The van der Waals surface area contributed by atoms with Gasteiger partial charge in [0, 0.05) is 17.2 Å². The van der Waals surface area contributed by atoms with Crippen LogP contribution in [0.2, 0.25) is 0 Å². The van der Waals surface area contributed by atoms with Gasteiger partial charge in [0.2, 0.25) is 0 Å². The van der Waals surface area contributed by atoms with Crippen molar-refractivity contribution in [3.63, 3.8) is 0 Å². The first-order valence-electron chi connectivity index (χ1n) is 8.18. The van der Waals surface area contributed by atoms with E-state index in [1.807, 2.05) is 0 Å². The van der Waals surface area contributed by atoms with Crippen LogP contribution in [0.15, 0.2) is 88.2 Å². The highest BCUT2D eigenvalue weighted by atomic mass is 32.2. The molecule has 146 valence electrons. The number of sulfonamides is 1. The molecule has 0 radical (unpaired) electrons. The third-order valence-corrected chi connectivity index (χ3v) is 5.26. The minimum absolute atomic E-state index is 0.0962. The van der Waals surface area contributed by atoms with E-state index in [0.29, 0.717) is 17.2 Å². The first kappa shape index (κ1) is 19.8. The van der Waals surface area contributed by atoms with Gasteiger partial charge < -0.3 is 0 Å². The molecule has 3 aromatic rings. The molecular formula is C19H13N3O6S. The summed E-state index contributed by atoms with van der Waals surface area (Å²) in [7, 11) is -4.55. The molecule has 0 aliphatic heterocycles. The molecule has 0 aromatic heterocycles. The van der Waals surface area contributed by atoms with Crippen LogP contribution in [0.4, 0.5) is 11.4 Å². The second-order valence-corrected chi connectivity index (χ2v) is 7.39. The third kappa shape index (κ3) is 4.33. The van der Waals surface area contributed by atoms with Crippen molar-refractivity contribution in [2.24, 2.45) is 4.40 Å². The van der Waals surface area contributed by atoms with Crippen LogP contribution in [-0.2, 0) is 10.0 Å². The van der Waals surface area contributed by atoms with Crippen LogP contribution in [-0.4, -0.2) is 24.0 Å². The summed E-state index contributed by atoms with van der Waals surface area (Å²) < 4.78 is 29.7. The van der Waals surface area contributed by atoms with Crippen LogP contribution in [0.3, 0.4) is 0 Å². The van der Waals surface area contributed by atoms with Crippen LogP contribution in [0.5, 0.6) is 0 Å². The molecule has 0 spiro atoms. The van der Waals surface area contributed by atoms with Crippen LogP contribution in [0.25, 0.3) is 0 Å². The van der Waals surface area contributed by atoms with E-state index in [2.05, 4.69) is 4.40 Å². The second kappa shape index (κ2) is 7.98. The zero-order chi connectivity index (χ0) is 21.0. The molecule has 0 bridgehead atoms. The molecular weight excluding hydrogens is 398 g/mol. The normalized spacial score (nSPS) is 10.9. The molecule has 0 heterocycles. The topological polar surface area (TPSA) is 133 Å². The first-order chi connectivity index (χ1) is 13.8. The Morgan fingerprint density at radius 2 is 1.28 bits per heavy atom. The zero-order valence-electron chi connectivity index (χ0n) is 14.7. The average molecular weight is 411 g/mol. The molecule has 3 rings (SSSR count). The average Bonchev–Trinajstić information content (AvgIpc) is 2.72. The van der Waals surface area contributed by atoms with Crippen molar-refractivity contribution in [2.75, 3.05) is 0 Å². The maximum absolute atomic E-state index is 12.9. The van der Waals surface area contributed by atoms with Gasteiger partial charge >= 0.3 is 0 Å². The smallest absolute Gasteiger partial charge is 0.258 e. The summed E-state index contributed by atoms with van der Waals surface area (Å²) in [4.78, 5) is 19.7. The van der Waals surface area contributed by atoms with Crippen molar-refractivity contribution in [1.29, 1.82) is 0 Å². The number of hydrogen-bond acceptors (Lipinski definition) is 6. The Bertz CT molecular complexity index is 1170. The molecule has 3 aromatic carbocycles. The quantitative estimate of drug-likeness (QED) is 0.345. The van der Waals surface area contributed by atoms with Gasteiger partial charge in [-0.3, -0.25) is 20.2 Å². The van der Waals surface area contributed by atoms with Gasteiger partial charge in [0.05, 0.1) is 21.6 Å². The van der Waals surface area contributed by atoms with Gasteiger partial charge in [-0.05, 0) is 6.07 Å². The van der Waals surface area contributed by atoms with Gasteiger partial charge in [-0.2, -0.15) is 12.8 Å². The summed E-state index contributed by atoms with van der Waals surface area (Å²) in [6.45, 7) is 0. The van der Waals surface area contributed by atoms with Gasteiger partial charge in [-0.1, -0.05) is 60.7 Å². The Balaban J connectivity index is 2.23. The molecule has 0 unspecified atom stereocenters. The summed E-state index contributed by atoms with van der Waals surface area (Å²) in [5.41, 5.74) is -0.424. The Kier molecular flexibility index (Phi) is 5.46. The number of nitrogens with zero attached hydrogens (tertiary/aromatic N) is 3. The fraction of sp³-hybridized carbons (Fsp3) is 0. The van der Waals surface area contributed by atoms with E-state index in [4.69, 9.17) is 0 Å². The van der Waals surface area contributed by atoms with Gasteiger partial charge in [0.25, 0.3) is 21.4 Å². The lowest BCUT2D eigenvalue weighted by Gasteiger charge is -2.08. The van der Waals surface area contributed by atoms with E-state index in [9.17, 15) is 28.6 Å². The predicted octanol–water partition coefficient (Wildman–Crippen LogP) is 3.73. The zero-order valence-corrected chi connectivity index (χ0v) is 15.5. The highest BCUT2D eigenvalue weighted by molar-refractivity contribution is 7.90. The Labute approximate surface area is 165 Å². The number of benzene rings is 3. The van der Waals surface area contributed by atoms with E-state index in [1.54, 1.807) is 60.7 Å². The minimum atomic E-state index is -4.55. The lowest BCUT2D eigenvalue weighted by molar-refractivity contribution is -0.396. The van der Waals surface area contributed by atoms with E-state index < -0.39 is 36.1 Å². The van der Waals surface area contributed by atoms with Crippen molar-refractivity contribution in [1.82, 2.24) is 0 Å². The van der Waals surface area contributed by atoms with Crippen LogP contribution >= 0.6 is 0 Å². The van der Waals surface area contributed by atoms with Crippen LogP contribution in [0.1, 0.15) is 11.1 Å². The number of nitro benzene ring substituents is 2. The van der Waals surface area contributed by atoms with Crippen LogP contribution in [0, 0.1) is 20.2 Å². The first-order valence-corrected chi connectivity index (χ1v) is 9.62. The molecule has 0 saturated carbocycles.